The number of carbonyl (C=O) groups excluding carboxylic acids is 2. The molecule has 0 aliphatic carbocycles. The maximum Gasteiger partial charge on any atom is 0.321 e. The first kappa shape index (κ1) is 36.3. The van der Waals surface area contributed by atoms with Gasteiger partial charge in [-0.3, -0.25) is 4.79 Å². The zero-order valence-electron chi connectivity index (χ0n) is 27.9. The van der Waals surface area contributed by atoms with Gasteiger partial charge in [0, 0.05) is 37.2 Å². The molecule has 0 unspecified atom stereocenters. The third kappa shape index (κ3) is 9.31. The number of thiazole rings is 1. The van der Waals surface area contributed by atoms with E-state index in [2.05, 4.69) is 10.3 Å². The lowest BCUT2D eigenvalue weighted by molar-refractivity contribution is -0.128. The number of nitrogens with one attached hydrogen (secondary N) is 1. The SMILES string of the molecule is CCc1nc(CN2CCN([C@H](C(=O)N[C@@H](Cc3ccccc3)[C@@H](O)CN(CC(C)C)S(=O)(=O)c3ccc(N)cc3)C(C)C)C2=O)cs1. The van der Waals surface area contributed by atoms with Crippen molar-refractivity contribution in [3.63, 3.8) is 0 Å². The number of nitrogens with two attached hydrogens (primary N) is 1. The fraction of sp³-hybridized carbons (Fsp3) is 0.500. The molecule has 1 fully saturated rings. The Morgan fingerprint density at radius 1 is 1.06 bits per heavy atom. The number of urea groups is 1. The molecule has 0 saturated carbocycles. The molecular formula is C34H48N6O5S2. The quantitative estimate of drug-likeness (QED) is 0.193. The average Bonchev–Trinajstić information content (AvgIpc) is 3.63. The Balaban J connectivity index is 1.56. The lowest BCUT2D eigenvalue weighted by Crippen LogP contribution is -2.57. The first-order chi connectivity index (χ1) is 22.3. The number of aromatic nitrogens is 1. The van der Waals surface area contributed by atoms with Gasteiger partial charge in [-0.1, -0.05) is 65.0 Å². The number of aliphatic hydroxyl groups excluding tert-OH is 1. The standard InChI is InChI=1S/C34H48N6O5S2/c1-6-31-36-27(22-46-31)20-38-16-17-40(34(38)43)32(24(4)5)33(42)37-29(18-25-10-8-7-9-11-25)30(41)21-39(19-23(2)3)47(44,45)28-14-12-26(35)13-15-28/h7-15,22-24,29-30,32,41H,6,16-21,35H2,1-5H3,(H,37,42)/t29-,30-,32-/m0/s1. The summed E-state index contributed by atoms with van der Waals surface area (Å²) in [7, 11) is -3.98. The van der Waals surface area contributed by atoms with Crippen LogP contribution >= 0.6 is 11.3 Å². The Morgan fingerprint density at radius 2 is 1.74 bits per heavy atom. The van der Waals surface area contributed by atoms with Crippen LogP contribution in [0.1, 0.15) is 50.9 Å². The van der Waals surface area contributed by atoms with Crippen molar-refractivity contribution in [3.8, 4) is 0 Å². The molecule has 3 amide bonds. The molecule has 0 radical (unpaired) electrons. The highest BCUT2D eigenvalue weighted by molar-refractivity contribution is 7.89. The van der Waals surface area contributed by atoms with Crippen LogP contribution in [0.4, 0.5) is 10.5 Å². The largest absolute Gasteiger partial charge is 0.399 e. The van der Waals surface area contributed by atoms with Gasteiger partial charge >= 0.3 is 6.03 Å². The van der Waals surface area contributed by atoms with Crippen LogP contribution in [0, 0.1) is 11.8 Å². The third-order valence-corrected chi connectivity index (χ3v) is 11.1. The van der Waals surface area contributed by atoms with Gasteiger partial charge in [0.05, 0.1) is 34.3 Å². The number of hydrogen-bond acceptors (Lipinski definition) is 8. The summed E-state index contributed by atoms with van der Waals surface area (Å²) >= 11 is 1.57. The first-order valence-electron chi connectivity index (χ1n) is 16.2. The second-order valence-electron chi connectivity index (χ2n) is 12.8. The van der Waals surface area contributed by atoms with Gasteiger partial charge in [-0.15, -0.1) is 11.3 Å². The highest BCUT2D eigenvalue weighted by Crippen LogP contribution is 2.23. The zero-order valence-corrected chi connectivity index (χ0v) is 29.5. The van der Waals surface area contributed by atoms with Crippen LogP contribution in [0.5, 0.6) is 0 Å². The van der Waals surface area contributed by atoms with Crippen LogP contribution < -0.4 is 11.1 Å². The number of amides is 3. The van der Waals surface area contributed by atoms with E-state index in [9.17, 15) is 23.1 Å². The first-order valence-corrected chi connectivity index (χ1v) is 18.5. The third-order valence-electron chi connectivity index (χ3n) is 8.19. The van der Waals surface area contributed by atoms with E-state index in [1.165, 1.54) is 28.6 Å². The molecule has 47 heavy (non-hydrogen) atoms. The van der Waals surface area contributed by atoms with Crippen molar-refractivity contribution in [2.75, 3.05) is 31.9 Å². The number of sulfonamides is 1. The van der Waals surface area contributed by atoms with Crippen LogP contribution in [0.3, 0.4) is 0 Å². The van der Waals surface area contributed by atoms with E-state index >= 15 is 0 Å². The van der Waals surface area contributed by atoms with Gasteiger partial charge in [0.2, 0.25) is 15.9 Å². The average molecular weight is 685 g/mol. The van der Waals surface area contributed by atoms with Gasteiger partial charge in [-0.25, -0.2) is 18.2 Å². The van der Waals surface area contributed by atoms with Crippen LogP contribution in [-0.4, -0.2) is 88.9 Å². The van der Waals surface area contributed by atoms with Gasteiger partial charge in [-0.05, 0) is 54.5 Å². The molecule has 3 aromatic rings. The lowest BCUT2D eigenvalue weighted by Gasteiger charge is -2.34. The van der Waals surface area contributed by atoms with Crippen LogP contribution in [0.15, 0.2) is 64.9 Å². The second kappa shape index (κ2) is 16.1. The summed E-state index contributed by atoms with van der Waals surface area (Å²) in [5.41, 5.74) is 7.94. The van der Waals surface area contributed by atoms with E-state index in [-0.39, 0.29) is 42.3 Å². The molecule has 11 nitrogen and oxygen atoms in total. The molecule has 13 heteroatoms. The Morgan fingerprint density at radius 3 is 2.34 bits per heavy atom. The molecule has 2 heterocycles. The van der Waals surface area contributed by atoms with Gasteiger partial charge in [0.25, 0.3) is 0 Å². The monoisotopic (exact) mass is 684 g/mol. The van der Waals surface area contributed by atoms with Crippen molar-refractivity contribution < 1.29 is 23.1 Å². The van der Waals surface area contributed by atoms with E-state index < -0.39 is 34.1 Å². The normalized spacial score (nSPS) is 15.9. The molecule has 1 saturated heterocycles. The molecule has 3 atom stereocenters. The van der Waals surface area contributed by atoms with E-state index in [0.29, 0.717) is 25.3 Å². The van der Waals surface area contributed by atoms with E-state index in [1.807, 2.05) is 70.3 Å². The lowest BCUT2D eigenvalue weighted by atomic mass is 9.97. The van der Waals surface area contributed by atoms with E-state index in [0.717, 1.165) is 22.7 Å². The van der Waals surface area contributed by atoms with Crippen LogP contribution in [0.2, 0.25) is 0 Å². The van der Waals surface area contributed by atoms with Crippen molar-refractivity contribution in [1.82, 2.24) is 24.4 Å². The van der Waals surface area contributed by atoms with Crippen LogP contribution in [0.25, 0.3) is 0 Å². The number of carbonyl (C=O) groups is 2. The fourth-order valence-electron chi connectivity index (χ4n) is 5.81. The summed E-state index contributed by atoms with van der Waals surface area (Å²) in [6.07, 6.45) is -0.157. The smallest absolute Gasteiger partial charge is 0.321 e. The summed E-state index contributed by atoms with van der Waals surface area (Å²) in [5, 5.41) is 17.7. The minimum Gasteiger partial charge on any atom is -0.399 e. The molecule has 1 aromatic heterocycles. The predicted octanol–water partition coefficient (Wildman–Crippen LogP) is 3.99. The maximum absolute atomic E-state index is 14.1. The second-order valence-corrected chi connectivity index (χ2v) is 15.7. The van der Waals surface area contributed by atoms with Gasteiger partial charge in [-0.2, -0.15) is 4.31 Å². The predicted molar refractivity (Wildman–Crippen MR) is 185 cm³/mol. The van der Waals surface area contributed by atoms with E-state index in [4.69, 9.17) is 5.73 Å². The van der Waals surface area contributed by atoms with E-state index in [1.54, 1.807) is 21.1 Å². The molecule has 1 aliphatic heterocycles. The molecule has 4 rings (SSSR count). The molecule has 0 bridgehead atoms. The number of anilines is 1. The minimum absolute atomic E-state index is 0.0276. The Hall–Kier alpha value is -3.52. The summed E-state index contributed by atoms with van der Waals surface area (Å²) in [6.45, 7) is 10.8. The molecular weight excluding hydrogens is 637 g/mol. The van der Waals surface area contributed by atoms with Crippen molar-refractivity contribution in [2.45, 2.75) is 77.1 Å². The fourth-order valence-corrected chi connectivity index (χ4v) is 8.17. The molecule has 256 valence electrons. The number of aryl methyl sites for hydroxylation is 1. The van der Waals surface area contributed by atoms with Gasteiger partial charge in [0.15, 0.2) is 0 Å². The highest BCUT2D eigenvalue weighted by Gasteiger charge is 2.40. The summed E-state index contributed by atoms with van der Waals surface area (Å²) in [5.74, 6) is -0.642. The minimum atomic E-state index is -3.98. The summed E-state index contributed by atoms with van der Waals surface area (Å²) in [6, 6.07) is 13.5. The number of nitrogens with zero attached hydrogens (tertiary/aromatic N) is 4. The number of benzene rings is 2. The summed E-state index contributed by atoms with van der Waals surface area (Å²) in [4.78, 5) is 35.6. The Kier molecular flexibility index (Phi) is 12.4. The van der Waals surface area contributed by atoms with Crippen molar-refractivity contribution >= 4 is 39.0 Å². The molecule has 1 aliphatic rings. The van der Waals surface area contributed by atoms with Crippen molar-refractivity contribution in [1.29, 1.82) is 0 Å². The molecule has 4 N–H and O–H groups in total. The van der Waals surface area contributed by atoms with Crippen molar-refractivity contribution in [3.05, 3.63) is 76.2 Å². The summed E-state index contributed by atoms with van der Waals surface area (Å²) < 4.78 is 28.7. The van der Waals surface area contributed by atoms with Gasteiger partial charge < -0.3 is 26.0 Å². The zero-order chi connectivity index (χ0) is 34.3. The number of aliphatic hydroxyl groups is 1. The molecule has 0 spiro atoms. The maximum atomic E-state index is 14.1. The number of hydrogen-bond donors (Lipinski definition) is 3. The van der Waals surface area contributed by atoms with Crippen LogP contribution in [-0.2, 0) is 34.2 Å². The Labute approximate surface area is 282 Å². The van der Waals surface area contributed by atoms with Crippen molar-refractivity contribution in [2.24, 2.45) is 11.8 Å². The topological polar surface area (TPSA) is 149 Å². The molecule has 2 aromatic carbocycles. The Bertz CT molecular complexity index is 1580. The number of nitrogen functional groups attached to an aromatic ring is 1. The highest BCUT2D eigenvalue weighted by atomic mass is 32.2. The number of rotatable bonds is 16. The van der Waals surface area contributed by atoms with Gasteiger partial charge in [0.1, 0.15) is 6.04 Å².